The third-order valence-corrected chi connectivity index (χ3v) is 2.72. The van der Waals surface area contributed by atoms with Crippen molar-refractivity contribution in [2.24, 2.45) is 5.92 Å². The van der Waals surface area contributed by atoms with E-state index in [1.54, 1.807) is 0 Å². The van der Waals surface area contributed by atoms with Gasteiger partial charge in [-0.25, -0.2) is 9.82 Å². The first-order valence-corrected chi connectivity index (χ1v) is 5.36. The molecule has 0 heterocycles. The van der Waals surface area contributed by atoms with Crippen molar-refractivity contribution < 1.29 is 4.39 Å². The Kier molecular flexibility index (Phi) is 3.03. The third-order valence-electron chi connectivity index (χ3n) is 2.72. The maximum absolute atomic E-state index is 12.8. The molecule has 1 saturated carbocycles. The van der Waals surface area contributed by atoms with E-state index in [4.69, 9.17) is 0 Å². The van der Waals surface area contributed by atoms with Gasteiger partial charge in [0, 0.05) is 20.1 Å². The number of benzene rings is 1. The van der Waals surface area contributed by atoms with Gasteiger partial charge in [0.25, 0.3) is 0 Å². The minimum absolute atomic E-state index is 0.168. The number of nitrogens with zero attached hydrogens (tertiary/aromatic N) is 1. The zero-order valence-corrected chi connectivity index (χ0v) is 9.20. The minimum Gasteiger partial charge on any atom is -0.250 e. The van der Waals surface area contributed by atoms with E-state index in [-0.39, 0.29) is 5.82 Å². The lowest BCUT2D eigenvalue weighted by atomic mass is 10.0. The Balaban J connectivity index is 2.13. The number of hydrogen-bond donors (Lipinski definition) is 1. The summed E-state index contributed by atoms with van der Waals surface area (Å²) in [5, 5.41) is 1.96. The Morgan fingerprint density at radius 3 is 2.33 bits per heavy atom. The summed E-state index contributed by atoms with van der Waals surface area (Å²) in [5.41, 5.74) is 4.56. The molecule has 1 aliphatic rings. The van der Waals surface area contributed by atoms with Gasteiger partial charge in [0.1, 0.15) is 5.82 Å². The molecule has 1 aromatic carbocycles. The maximum Gasteiger partial charge on any atom is 0.123 e. The van der Waals surface area contributed by atoms with Crippen molar-refractivity contribution in [3.8, 4) is 0 Å². The molecule has 1 N–H and O–H groups in total. The number of rotatable bonds is 4. The van der Waals surface area contributed by atoms with Crippen molar-refractivity contribution in [3.63, 3.8) is 0 Å². The van der Waals surface area contributed by atoms with Crippen LogP contribution in [0.15, 0.2) is 24.3 Å². The molecule has 2 rings (SSSR count). The fraction of sp³-hybridized carbons (Fsp3) is 0.500. The van der Waals surface area contributed by atoms with Crippen molar-refractivity contribution in [3.05, 3.63) is 35.6 Å². The predicted molar refractivity (Wildman–Crippen MR) is 58.7 cm³/mol. The van der Waals surface area contributed by atoms with Crippen molar-refractivity contribution in [2.45, 2.75) is 18.9 Å². The van der Waals surface area contributed by atoms with Gasteiger partial charge in [-0.15, -0.1) is 0 Å². The predicted octanol–water partition coefficient (Wildman–Crippen LogP) is 2.34. The zero-order chi connectivity index (χ0) is 10.8. The smallest absolute Gasteiger partial charge is 0.123 e. The Labute approximate surface area is 90.1 Å². The molecular weight excluding hydrogens is 191 g/mol. The van der Waals surface area contributed by atoms with Crippen LogP contribution in [-0.2, 0) is 0 Å². The summed E-state index contributed by atoms with van der Waals surface area (Å²) in [5.74, 6) is 0.538. The largest absolute Gasteiger partial charge is 0.250 e. The van der Waals surface area contributed by atoms with Gasteiger partial charge in [0.15, 0.2) is 0 Å². The highest BCUT2D eigenvalue weighted by Crippen LogP contribution is 2.40. The quantitative estimate of drug-likeness (QED) is 0.764. The molecule has 0 aliphatic heterocycles. The first-order valence-electron chi connectivity index (χ1n) is 5.36. The Morgan fingerprint density at radius 1 is 1.27 bits per heavy atom. The van der Waals surface area contributed by atoms with Gasteiger partial charge in [-0.05, 0) is 36.5 Å². The van der Waals surface area contributed by atoms with Crippen LogP contribution < -0.4 is 5.43 Å². The highest BCUT2D eigenvalue weighted by Gasteiger charge is 2.32. The lowest BCUT2D eigenvalue weighted by Crippen LogP contribution is -2.35. The molecule has 0 amide bonds. The number of halogens is 1. The summed E-state index contributed by atoms with van der Waals surface area (Å²) >= 11 is 0. The van der Waals surface area contributed by atoms with Crippen molar-refractivity contribution >= 4 is 0 Å². The first kappa shape index (κ1) is 10.6. The van der Waals surface area contributed by atoms with Crippen LogP contribution in [0.2, 0.25) is 0 Å². The van der Waals surface area contributed by atoms with E-state index in [9.17, 15) is 4.39 Å². The molecule has 0 spiro atoms. The standard InChI is InChI=1S/C12H17FN2/c1-15(2)14-12(9-3-4-9)10-5-7-11(13)8-6-10/h5-9,12,14H,3-4H2,1-2H3. The summed E-state index contributed by atoms with van der Waals surface area (Å²) in [6.07, 6.45) is 2.53. The molecule has 1 aromatic rings. The van der Waals surface area contributed by atoms with Gasteiger partial charge in [-0.2, -0.15) is 0 Å². The van der Waals surface area contributed by atoms with Gasteiger partial charge in [-0.1, -0.05) is 12.1 Å². The van der Waals surface area contributed by atoms with E-state index in [1.807, 2.05) is 31.2 Å². The minimum atomic E-state index is -0.168. The maximum atomic E-state index is 12.8. The van der Waals surface area contributed by atoms with Crippen molar-refractivity contribution in [1.82, 2.24) is 10.4 Å². The second-order valence-electron chi connectivity index (χ2n) is 4.39. The fourth-order valence-electron chi connectivity index (χ4n) is 1.83. The normalized spacial score (nSPS) is 18.1. The van der Waals surface area contributed by atoms with E-state index >= 15 is 0 Å². The molecule has 1 atom stereocenters. The van der Waals surface area contributed by atoms with Gasteiger partial charge in [-0.3, -0.25) is 5.01 Å². The van der Waals surface area contributed by atoms with E-state index in [0.717, 1.165) is 0 Å². The first-order chi connectivity index (χ1) is 7.16. The van der Waals surface area contributed by atoms with E-state index < -0.39 is 0 Å². The lowest BCUT2D eigenvalue weighted by molar-refractivity contribution is 0.228. The third kappa shape index (κ3) is 2.76. The van der Waals surface area contributed by atoms with E-state index in [2.05, 4.69) is 5.43 Å². The topological polar surface area (TPSA) is 15.3 Å². The van der Waals surface area contributed by atoms with Crippen LogP contribution in [-0.4, -0.2) is 19.1 Å². The molecule has 3 heteroatoms. The molecule has 2 nitrogen and oxygen atoms in total. The van der Waals surface area contributed by atoms with Crippen LogP contribution in [0.5, 0.6) is 0 Å². The average Bonchev–Trinajstić information content (AvgIpc) is 2.99. The summed E-state index contributed by atoms with van der Waals surface area (Å²) in [7, 11) is 3.97. The van der Waals surface area contributed by atoms with Crippen LogP contribution in [0.3, 0.4) is 0 Å². The molecule has 1 aliphatic carbocycles. The summed E-state index contributed by atoms with van der Waals surface area (Å²) in [4.78, 5) is 0. The van der Waals surface area contributed by atoms with E-state index in [1.165, 1.54) is 30.5 Å². The molecule has 1 unspecified atom stereocenters. The molecule has 0 saturated heterocycles. The number of hydrazine groups is 1. The molecular formula is C12H17FN2. The summed E-state index contributed by atoms with van der Waals surface area (Å²) in [6, 6.07) is 7.13. The van der Waals surface area contributed by atoms with Crippen molar-refractivity contribution in [1.29, 1.82) is 0 Å². The van der Waals surface area contributed by atoms with Crippen LogP contribution >= 0.6 is 0 Å². The Bertz CT molecular complexity index is 317. The van der Waals surface area contributed by atoms with Crippen LogP contribution in [0.1, 0.15) is 24.4 Å². The van der Waals surface area contributed by atoms with Gasteiger partial charge < -0.3 is 0 Å². The van der Waals surface area contributed by atoms with Crippen molar-refractivity contribution in [2.75, 3.05) is 14.1 Å². The van der Waals surface area contributed by atoms with E-state index in [0.29, 0.717) is 12.0 Å². The summed E-state index contributed by atoms with van der Waals surface area (Å²) in [6.45, 7) is 0. The van der Waals surface area contributed by atoms with Gasteiger partial charge >= 0.3 is 0 Å². The Hall–Kier alpha value is -0.930. The van der Waals surface area contributed by atoms with Crippen LogP contribution in [0.4, 0.5) is 4.39 Å². The average molecular weight is 208 g/mol. The highest BCUT2D eigenvalue weighted by atomic mass is 19.1. The molecule has 82 valence electrons. The fourth-order valence-corrected chi connectivity index (χ4v) is 1.83. The zero-order valence-electron chi connectivity index (χ0n) is 9.20. The highest BCUT2D eigenvalue weighted by molar-refractivity contribution is 5.21. The van der Waals surface area contributed by atoms with Gasteiger partial charge in [0.05, 0.1) is 0 Å². The van der Waals surface area contributed by atoms with Gasteiger partial charge in [0.2, 0.25) is 0 Å². The van der Waals surface area contributed by atoms with Crippen LogP contribution in [0.25, 0.3) is 0 Å². The molecule has 1 fully saturated rings. The molecule has 0 bridgehead atoms. The second-order valence-corrected chi connectivity index (χ2v) is 4.39. The summed E-state index contributed by atoms with van der Waals surface area (Å²) < 4.78 is 12.8. The number of nitrogens with one attached hydrogen (secondary N) is 1. The molecule has 0 radical (unpaired) electrons. The molecule has 0 aromatic heterocycles. The Morgan fingerprint density at radius 2 is 1.87 bits per heavy atom. The second kappa shape index (κ2) is 4.29. The van der Waals surface area contributed by atoms with Crippen LogP contribution in [0, 0.1) is 11.7 Å². The molecule has 15 heavy (non-hydrogen) atoms. The number of hydrogen-bond acceptors (Lipinski definition) is 2. The SMILES string of the molecule is CN(C)NC(c1ccc(F)cc1)C1CC1. The monoisotopic (exact) mass is 208 g/mol. The lowest BCUT2D eigenvalue weighted by Gasteiger charge is -2.23.